The minimum atomic E-state index is -0.527. The number of Topliss-reactive ketones (excluding diaryl/α,β-unsaturated/α-hetero) is 1. The average molecular weight is 452 g/mol. The van der Waals surface area contributed by atoms with Crippen molar-refractivity contribution >= 4 is 23.1 Å². The van der Waals surface area contributed by atoms with Crippen molar-refractivity contribution in [3.8, 4) is 33.4 Å². The molecule has 0 unspecified atom stereocenters. The molecule has 166 valence electrons. The average Bonchev–Trinajstić information content (AvgIpc) is 3.19. The molecule has 0 saturated heterocycles. The Kier molecular flexibility index (Phi) is 5.08. The number of carbonyl (C=O) groups is 2. The molecule has 1 aliphatic heterocycles. The molecule has 0 spiro atoms. The van der Waals surface area contributed by atoms with E-state index in [1.807, 2.05) is 103 Å². The van der Waals surface area contributed by atoms with Crippen molar-refractivity contribution in [3.05, 3.63) is 133 Å². The third-order valence-electron chi connectivity index (χ3n) is 6.39. The Bertz CT molecular complexity index is 1570. The Morgan fingerprint density at radius 2 is 0.943 bits per heavy atom. The van der Waals surface area contributed by atoms with Gasteiger partial charge in [-0.15, -0.1) is 0 Å². The first-order chi connectivity index (χ1) is 17.2. The Morgan fingerprint density at radius 1 is 0.429 bits per heavy atom. The van der Waals surface area contributed by atoms with Crippen LogP contribution < -0.4 is 4.90 Å². The highest BCUT2D eigenvalue weighted by Gasteiger charge is 2.37. The molecule has 0 N–H and O–H groups in total. The Balaban J connectivity index is 1.39. The van der Waals surface area contributed by atoms with Crippen molar-refractivity contribution < 1.29 is 9.59 Å². The van der Waals surface area contributed by atoms with E-state index >= 15 is 0 Å². The number of fused-ring (bicyclic) bond motifs is 1. The summed E-state index contributed by atoms with van der Waals surface area (Å²) in [5.74, 6) is -1.01. The second-order valence-electron chi connectivity index (χ2n) is 8.56. The van der Waals surface area contributed by atoms with Crippen LogP contribution in [0.4, 0.5) is 11.4 Å². The Hall–Kier alpha value is -4.76. The van der Waals surface area contributed by atoms with E-state index in [1.54, 1.807) is 0 Å². The number of carbonyl (C=O) groups excluding carboxylic acids is 2. The van der Waals surface area contributed by atoms with Crippen LogP contribution in [0.1, 0.15) is 10.4 Å². The summed E-state index contributed by atoms with van der Waals surface area (Å²) in [6, 6.07) is 41.8. The minimum absolute atomic E-state index is 0.433. The van der Waals surface area contributed by atoms with Gasteiger partial charge >= 0.3 is 5.91 Å². The quantitative estimate of drug-likeness (QED) is 0.265. The maximum absolute atomic E-state index is 13.1. The number of ketones is 1. The smallest absolute Gasteiger partial charge is 0.283 e. The van der Waals surface area contributed by atoms with E-state index in [2.05, 4.69) is 24.3 Å². The number of anilines is 2. The number of amides is 1. The van der Waals surface area contributed by atoms with Gasteiger partial charge in [0.1, 0.15) is 0 Å². The highest BCUT2D eigenvalue weighted by atomic mass is 16.2. The molecule has 1 amide bonds. The van der Waals surface area contributed by atoms with Gasteiger partial charge in [-0.2, -0.15) is 0 Å². The second-order valence-corrected chi connectivity index (χ2v) is 8.56. The molecule has 0 aromatic heterocycles. The molecular weight excluding hydrogens is 430 g/mol. The van der Waals surface area contributed by atoms with Gasteiger partial charge in [-0.05, 0) is 63.7 Å². The lowest BCUT2D eigenvalue weighted by atomic mass is 9.97. The SMILES string of the molecule is O=C1C(=O)N(c2cccc(-c3ccccc3)c2)c2ccc(-c3cccc(-c4ccccc4)c3)cc21. The van der Waals surface area contributed by atoms with Gasteiger partial charge in [0.15, 0.2) is 0 Å². The molecule has 3 nitrogen and oxygen atoms in total. The summed E-state index contributed by atoms with van der Waals surface area (Å²) < 4.78 is 0. The van der Waals surface area contributed by atoms with Gasteiger partial charge in [0.2, 0.25) is 0 Å². The summed E-state index contributed by atoms with van der Waals surface area (Å²) in [6.45, 7) is 0. The van der Waals surface area contributed by atoms with Gasteiger partial charge in [-0.25, -0.2) is 0 Å². The third-order valence-corrected chi connectivity index (χ3v) is 6.39. The summed E-state index contributed by atoms with van der Waals surface area (Å²) >= 11 is 0. The first kappa shape index (κ1) is 20.8. The number of nitrogens with zero attached hydrogens (tertiary/aromatic N) is 1. The summed E-state index contributed by atoms with van der Waals surface area (Å²) in [7, 11) is 0. The normalized spacial score (nSPS) is 12.6. The molecule has 0 aliphatic carbocycles. The van der Waals surface area contributed by atoms with Crippen LogP contribution in [0.25, 0.3) is 33.4 Å². The molecule has 5 aromatic carbocycles. The maximum Gasteiger partial charge on any atom is 0.304 e. The molecule has 0 saturated carbocycles. The third kappa shape index (κ3) is 3.73. The van der Waals surface area contributed by atoms with Crippen LogP contribution in [0.3, 0.4) is 0 Å². The van der Waals surface area contributed by atoms with Crippen molar-refractivity contribution in [2.24, 2.45) is 0 Å². The highest BCUT2D eigenvalue weighted by molar-refractivity contribution is 6.53. The summed E-state index contributed by atoms with van der Waals surface area (Å²) in [4.78, 5) is 27.6. The van der Waals surface area contributed by atoms with Crippen molar-refractivity contribution in [1.29, 1.82) is 0 Å². The predicted octanol–water partition coefficient (Wildman–Crippen LogP) is 7.55. The number of benzene rings is 5. The van der Waals surface area contributed by atoms with Gasteiger partial charge in [0, 0.05) is 5.69 Å². The molecule has 1 heterocycles. The molecule has 0 fully saturated rings. The summed E-state index contributed by atoms with van der Waals surface area (Å²) in [5, 5.41) is 0. The van der Waals surface area contributed by atoms with Crippen LogP contribution in [-0.4, -0.2) is 11.7 Å². The fraction of sp³-hybridized carbons (Fsp3) is 0. The van der Waals surface area contributed by atoms with Crippen LogP contribution in [0.5, 0.6) is 0 Å². The van der Waals surface area contributed by atoms with E-state index in [0.29, 0.717) is 16.9 Å². The first-order valence-electron chi connectivity index (χ1n) is 11.5. The lowest BCUT2D eigenvalue weighted by Gasteiger charge is -2.18. The van der Waals surface area contributed by atoms with Crippen molar-refractivity contribution in [1.82, 2.24) is 0 Å². The molecule has 6 rings (SSSR count). The van der Waals surface area contributed by atoms with E-state index in [1.165, 1.54) is 4.90 Å². The second kappa shape index (κ2) is 8.54. The van der Waals surface area contributed by atoms with Crippen molar-refractivity contribution in [2.45, 2.75) is 0 Å². The van der Waals surface area contributed by atoms with Crippen LogP contribution >= 0.6 is 0 Å². The van der Waals surface area contributed by atoms with Gasteiger partial charge in [0.05, 0.1) is 11.3 Å². The predicted molar refractivity (Wildman–Crippen MR) is 141 cm³/mol. The fourth-order valence-corrected chi connectivity index (χ4v) is 4.64. The van der Waals surface area contributed by atoms with Crippen LogP contribution in [-0.2, 0) is 4.79 Å². The zero-order chi connectivity index (χ0) is 23.8. The molecule has 1 aliphatic rings. The monoisotopic (exact) mass is 451 g/mol. The lowest BCUT2D eigenvalue weighted by Crippen LogP contribution is -2.24. The first-order valence-corrected chi connectivity index (χ1v) is 11.5. The van der Waals surface area contributed by atoms with Gasteiger partial charge < -0.3 is 0 Å². The maximum atomic E-state index is 13.1. The Morgan fingerprint density at radius 3 is 1.60 bits per heavy atom. The van der Waals surface area contributed by atoms with E-state index in [-0.39, 0.29) is 0 Å². The molecule has 3 heteroatoms. The van der Waals surface area contributed by atoms with Crippen LogP contribution in [0.2, 0.25) is 0 Å². The van der Waals surface area contributed by atoms with Crippen molar-refractivity contribution in [2.75, 3.05) is 4.90 Å². The number of hydrogen-bond donors (Lipinski definition) is 0. The summed E-state index contributed by atoms with van der Waals surface area (Å²) in [6.07, 6.45) is 0. The molecule has 0 radical (unpaired) electrons. The lowest BCUT2D eigenvalue weighted by molar-refractivity contribution is -0.113. The molecule has 5 aromatic rings. The van der Waals surface area contributed by atoms with Gasteiger partial charge in [-0.1, -0.05) is 97.1 Å². The van der Waals surface area contributed by atoms with E-state index in [4.69, 9.17) is 0 Å². The van der Waals surface area contributed by atoms with Gasteiger partial charge in [0.25, 0.3) is 5.78 Å². The van der Waals surface area contributed by atoms with E-state index < -0.39 is 11.7 Å². The number of hydrogen-bond acceptors (Lipinski definition) is 2. The highest BCUT2D eigenvalue weighted by Crippen LogP contribution is 2.39. The summed E-state index contributed by atoms with van der Waals surface area (Å²) in [5.41, 5.74) is 7.92. The topological polar surface area (TPSA) is 37.4 Å². The van der Waals surface area contributed by atoms with E-state index in [9.17, 15) is 9.59 Å². The molecule has 35 heavy (non-hydrogen) atoms. The zero-order valence-corrected chi connectivity index (χ0v) is 18.9. The van der Waals surface area contributed by atoms with E-state index in [0.717, 1.165) is 33.4 Å². The molecular formula is C32H21NO2. The Labute approximate surface area is 203 Å². The zero-order valence-electron chi connectivity index (χ0n) is 18.9. The molecule has 0 atom stereocenters. The largest absolute Gasteiger partial charge is 0.304 e. The van der Waals surface area contributed by atoms with Gasteiger partial charge in [-0.3, -0.25) is 14.5 Å². The standard InChI is InChI=1S/C32H21NO2/c34-31-29-21-27(25-14-7-13-24(19-25)22-9-3-1-4-10-22)17-18-30(29)33(32(31)35)28-16-8-15-26(20-28)23-11-5-2-6-12-23/h1-21H. The number of rotatable bonds is 4. The minimum Gasteiger partial charge on any atom is -0.283 e. The van der Waals surface area contributed by atoms with Crippen molar-refractivity contribution in [3.63, 3.8) is 0 Å². The van der Waals surface area contributed by atoms with Crippen LogP contribution in [0, 0.1) is 0 Å². The molecule has 0 bridgehead atoms. The fourth-order valence-electron chi connectivity index (χ4n) is 4.64. The van der Waals surface area contributed by atoms with Crippen LogP contribution in [0.15, 0.2) is 127 Å².